The first-order valence-electron chi connectivity index (χ1n) is 7.05. The Balaban J connectivity index is 2.19. The second-order valence-corrected chi connectivity index (χ2v) is 5.41. The Labute approximate surface area is 121 Å². The zero-order valence-electron chi connectivity index (χ0n) is 12.8. The van der Waals surface area contributed by atoms with Gasteiger partial charge in [-0.1, -0.05) is 30.3 Å². The molecule has 1 unspecified atom stereocenters. The molecule has 2 aromatic carbocycles. The number of nitrogens with zero attached hydrogens (tertiary/aromatic N) is 1. The molecule has 0 radical (unpaired) electrons. The molecule has 2 rings (SSSR count). The van der Waals surface area contributed by atoms with Crippen molar-refractivity contribution in [3.63, 3.8) is 0 Å². The smallest absolute Gasteiger partial charge is 0.123 e. The van der Waals surface area contributed by atoms with E-state index >= 15 is 0 Å². The zero-order chi connectivity index (χ0) is 14.5. The highest BCUT2D eigenvalue weighted by atomic mass is 16.5. The Morgan fingerprint density at radius 3 is 2.60 bits per heavy atom. The second kappa shape index (κ2) is 6.73. The van der Waals surface area contributed by atoms with Crippen molar-refractivity contribution in [3.8, 4) is 5.75 Å². The molecule has 0 amide bonds. The minimum absolute atomic E-state index is 0.510. The lowest BCUT2D eigenvalue weighted by molar-refractivity contribution is 0.302. The molecule has 0 aromatic heterocycles. The molecule has 0 saturated heterocycles. The van der Waals surface area contributed by atoms with Crippen molar-refractivity contribution in [2.75, 3.05) is 27.7 Å². The van der Waals surface area contributed by atoms with Gasteiger partial charge in [0.1, 0.15) is 5.75 Å². The first-order valence-corrected chi connectivity index (χ1v) is 7.05. The summed E-state index contributed by atoms with van der Waals surface area (Å²) >= 11 is 0. The van der Waals surface area contributed by atoms with Crippen molar-refractivity contribution in [1.29, 1.82) is 0 Å². The lowest BCUT2D eigenvalue weighted by Gasteiger charge is -2.21. The van der Waals surface area contributed by atoms with Crippen LogP contribution < -0.4 is 10.1 Å². The van der Waals surface area contributed by atoms with E-state index in [1.165, 1.54) is 16.3 Å². The third-order valence-corrected chi connectivity index (χ3v) is 3.84. The first-order chi connectivity index (χ1) is 9.63. The number of hydrogen-bond acceptors (Lipinski definition) is 3. The van der Waals surface area contributed by atoms with Gasteiger partial charge in [0.05, 0.1) is 7.11 Å². The van der Waals surface area contributed by atoms with Gasteiger partial charge in [-0.15, -0.1) is 0 Å². The van der Waals surface area contributed by atoms with Crippen LogP contribution in [0.2, 0.25) is 0 Å². The number of fused-ring (bicyclic) bond motifs is 1. The summed E-state index contributed by atoms with van der Waals surface area (Å²) < 4.78 is 5.51. The summed E-state index contributed by atoms with van der Waals surface area (Å²) in [7, 11) is 5.94. The van der Waals surface area contributed by atoms with Crippen LogP contribution in [0.1, 0.15) is 12.5 Å². The molecule has 3 heteroatoms. The fourth-order valence-corrected chi connectivity index (χ4v) is 2.28. The maximum atomic E-state index is 5.51. The molecular weight excluding hydrogens is 248 g/mol. The van der Waals surface area contributed by atoms with E-state index < -0.39 is 0 Å². The minimum Gasteiger partial charge on any atom is -0.496 e. The van der Waals surface area contributed by atoms with Crippen molar-refractivity contribution >= 4 is 10.8 Å². The quantitative estimate of drug-likeness (QED) is 0.875. The summed E-state index contributed by atoms with van der Waals surface area (Å²) in [6.07, 6.45) is 0. The number of hydrogen-bond donors (Lipinski definition) is 1. The topological polar surface area (TPSA) is 24.5 Å². The molecular formula is C17H24N2O. The van der Waals surface area contributed by atoms with Gasteiger partial charge in [0.2, 0.25) is 0 Å². The van der Waals surface area contributed by atoms with Gasteiger partial charge >= 0.3 is 0 Å². The number of rotatable bonds is 6. The van der Waals surface area contributed by atoms with E-state index in [1.54, 1.807) is 7.11 Å². The SMILES string of the molecule is COc1ccc2ccccc2c1CNCC(C)N(C)C. The molecule has 108 valence electrons. The number of methoxy groups -OCH3 is 1. The fourth-order valence-electron chi connectivity index (χ4n) is 2.28. The number of ether oxygens (including phenoxy) is 1. The van der Waals surface area contributed by atoms with E-state index in [0.717, 1.165) is 18.8 Å². The molecule has 20 heavy (non-hydrogen) atoms. The molecule has 1 N–H and O–H groups in total. The van der Waals surface area contributed by atoms with E-state index in [2.05, 4.69) is 67.6 Å². The van der Waals surface area contributed by atoms with Gasteiger partial charge in [0.25, 0.3) is 0 Å². The van der Waals surface area contributed by atoms with Crippen molar-refractivity contribution in [2.24, 2.45) is 0 Å². The van der Waals surface area contributed by atoms with Crippen LogP contribution in [-0.2, 0) is 6.54 Å². The number of benzene rings is 2. The average Bonchev–Trinajstić information content (AvgIpc) is 2.47. The van der Waals surface area contributed by atoms with Crippen LogP contribution in [0.4, 0.5) is 0 Å². The number of nitrogens with one attached hydrogen (secondary N) is 1. The summed E-state index contributed by atoms with van der Waals surface area (Å²) in [5.41, 5.74) is 1.23. The number of likely N-dealkylation sites (N-methyl/N-ethyl adjacent to an activating group) is 1. The summed E-state index contributed by atoms with van der Waals surface area (Å²) in [6, 6.07) is 13.1. The summed E-state index contributed by atoms with van der Waals surface area (Å²) in [5, 5.41) is 6.04. The Kier molecular flexibility index (Phi) is 4.99. The van der Waals surface area contributed by atoms with Gasteiger partial charge in [-0.05, 0) is 37.9 Å². The van der Waals surface area contributed by atoms with Crippen molar-refractivity contribution < 1.29 is 4.74 Å². The monoisotopic (exact) mass is 272 g/mol. The Hall–Kier alpha value is -1.58. The molecule has 0 fully saturated rings. The van der Waals surface area contributed by atoms with Crippen molar-refractivity contribution in [3.05, 3.63) is 42.0 Å². The molecule has 3 nitrogen and oxygen atoms in total. The Bertz CT molecular complexity index is 566. The van der Waals surface area contributed by atoms with E-state index in [9.17, 15) is 0 Å². The van der Waals surface area contributed by atoms with Crippen molar-refractivity contribution in [2.45, 2.75) is 19.5 Å². The Morgan fingerprint density at radius 2 is 1.90 bits per heavy atom. The van der Waals surface area contributed by atoms with Crippen molar-refractivity contribution in [1.82, 2.24) is 10.2 Å². The first kappa shape index (κ1) is 14.8. The van der Waals surface area contributed by atoms with Crippen LogP contribution in [0.15, 0.2) is 36.4 Å². The predicted octanol–water partition coefficient (Wildman–Crippen LogP) is 2.89. The molecule has 1 atom stereocenters. The molecule has 0 aliphatic carbocycles. The van der Waals surface area contributed by atoms with E-state index in [0.29, 0.717) is 6.04 Å². The van der Waals surface area contributed by atoms with Crippen LogP contribution in [0.3, 0.4) is 0 Å². The second-order valence-electron chi connectivity index (χ2n) is 5.41. The van der Waals surface area contributed by atoms with Crippen LogP contribution in [-0.4, -0.2) is 38.7 Å². The lowest BCUT2D eigenvalue weighted by Crippen LogP contribution is -2.35. The highest BCUT2D eigenvalue weighted by molar-refractivity contribution is 5.87. The van der Waals surface area contributed by atoms with Gasteiger partial charge in [-0.25, -0.2) is 0 Å². The van der Waals surface area contributed by atoms with Crippen LogP contribution >= 0.6 is 0 Å². The molecule has 0 saturated carbocycles. The standard InChI is InChI=1S/C17H24N2O/c1-13(19(2)3)11-18-12-16-15-8-6-5-7-14(15)9-10-17(16)20-4/h5-10,13,18H,11-12H2,1-4H3. The molecule has 0 aliphatic rings. The third-order valence-electron chi connectivity index (χ3n) is 3.84. The van der Waals surface area contributed by atoms with E-state index in [-0.39, 0.29) is 0 Å². The third kappa shape index (κ3) is 3.30. The van der Waals surface area contributed by atoms with E-state index in [1.807, 2.05) is 0 Å². The average molecular weight is 272 g/mol. The normalized spacial score (nSPS) is 12.8. The Morgan fingerprint density at radius 1 is 1.15 bits per heavy atom. The molecule has 2 aromatic rings. The molecule has 0 heterocycles. The van der Waals surface area contributed by atoms with Crippen LogP contribution in [0.5, 0.6) is 5.75 Å². The van der Waals surface area contributed by atoms with Gasteiger partial charge in [-0.2, -0.15) is 0 Å². The highest BCUT2D eigenvalue weighted by Crippen LogP contribution is 2.27. The summed E-state index contributed by atoms with van der Waals surface area (Å²) in [5.74, 6) is 0.953. The van der Waals surface area contributed by atoms with Crippen LogP contribution in [0, 0.1) is 0 Å². The highest BCUT2D eigenvalue weighted by Gasteiger charge is 2.09. The van der Waals surface area contributed by atoms with Crippen LogP contribution in [0.25, 0.3) is 10.8 Å². The largest absolute Gasteiger partial charge is 0.496 e. The summed E-state index contributed by atoms with van der Waals surface area (Å²) in [4.78, 5) is 2.22. The summed E-state index contributed by atoms with van der Waals surface area (Å²) in [6.45, 7) is 4.00. The van der Waals surface area contributed by atoms with Gasteiger partial charge in [-0.3, -0.25) is 0 Å². The van der Waals surface area contributed by atoms with Gasteiger partial charge < -0.3 is 15.0 Å². The van der Waals surface area contributed by atoms with Gasteiger partial charge in [0.15, 0.2) is 0 Å². The lowest BCUT2D eigenvalue weighted by atomic mass is 10.0. The zero-order valence-corrected chi connectivity index (χ0v) is 12.8. The molecule has 0 spiro atoms. The van der Waals surface area contributed by atoms with Gasteiger partial charge in [0, 0.05) is 24.7 Å². The minimum atomic E-state index is 0.510. The van der Waals surface area contributed by atoms with E-state index in [4.69, 9.17) is 4.74 Å². The predicted molar refractivity (Wildman–Crippen MR) is 85.4 cm³/mol. The molecule has 0 aliphatic heterocycles. The fraction of sp³-hybridized carbons (Fsp3) is 0.412. The molecule has 0 bridgehead atoms. The maximum Gasteiger partial charge on any atom is 0.123 e. The maximum absolute atomic E-state index is 5.51.